The zero-order valence-corrected chi connectivity index (χ0v) is 14.2. The second-order valence-corrected chi connectivity index (χ2v) is 6.38. The van der Waals surface area contributed by atoms with Crippen LogP contribution in [-0.4, -0.2) is 40.7 Å². The van der Waals surface area contributed by atoms with Gasteiger partial charge in [0.05, 0.1) is 0 Å². The summed E-state index contributed by atoms with van der Waals surface area (Å²) in [4.78, 5) is 12.0. The van der Waals surface area contributed by atoms with E-state index in [9.17, 15) is 23.1 Å². The van der Waals surface area contributed by atoms with Crippen LogP contribution in [0.25, 0.3) is 10.8 Å². The van der Waals surface area contributed by atoms with Crippen molar-refractivity contribution in [1.82, 2.24) is 5.01 Å². The van der Waals surface area contributed by atoms with Crippen molar-refractivity contribution >= 4 is 38.8 Å². The molecule has 1 aliphatic heterocycles. The van der Waals surface area contributed by atoms with Crippen molar-refractivity contribution in [3.05, 3.63) is 40.9 Å². The molecule has 0 spiro atoms. The number of hydrogen-bond donors (Lipinski definition) is 1. The number of rotatable bonds is 3. The fourth-order valence-electron chi connectivity index (χ4n) is 2.43. The lowest BCUT2D eigenvalue weighted by atomic mass is 10.1. The van der Waals surface area contributed by atoms with E-state index in [1.807, 2.05) is 18.2 Å². The number of hydrogen-bond acceptors (Lipinski definition) is 4. The lowest BCUT2D eigenvalue weighted by Gasteiger charge is -2.32. The van der Waals surface area contributed by atoms with Gasteiger partial charge in [-0.1, -0.05) is 28.1 Å². The summed E-state index contributed by atoms with van der Waals surface area (Å²) in [6.07, 6.45) is -4.98. The lowest BCUT2D eigenvalue weighted by Crippen LogP contribution is -2.57. The van der Waals surface area contributed by atoms with Gasteiger partial charge in [-0.15, -0.1) is 0 Å². The highest BCUT2D eigenvalue weighted by atomic mass is 79.9. The first-order valence-corrected chi connectivity index (χ1v) is 7.97. The number of aliphatic hydroxyl groups is 1. The summed E-state index contributed by atoms with van der Waals surface area (Å²) >= 11 is 3.35. The molecule has 0 saturated carbocycles. The molecule has 2 aromatic rings. The number of carbonyl (C=O) groups excluding carboxylic acids is 1. The van der Waals surface area contributed by atoms with Gasteiger partial charge in [0.25, 0.3) is 11.6 Å². The van der Waals surface area contributed by atoms with Gasteiger partial charge in [-0.25, -0.2) is 0 Å². The number of nitrogens with zero attached hydrogens (tertiary/aromatic N) is 2. The number of halogens is 4. The number of alkyl halides is 3. The van der Waals surface area contributed by atoms with Crippen LogP contribution in [0.3, 0.4) is 0 Å². The molecule has 5 nitrogen and oxygen atoms in total. The third-order valence-corrected chi connectivity index (χ3v) is 4.24. The molecule has 132 valence electrons. The van der Waals surface area contributed by atoms with Gasteiger partial charge in [0.2, 0.25) is 0 Å². The normalized spacial score (nSPS) is 20.3. The predicted molar refractivity (Wildman–Crippen MR) is 88.1 cm³/mol. The molecule has 0 aliphatic carbocycles. The predicted octanol–water partition coefficient (Wildman–Crippen LogP) is 3.45. The molecule has 0 saturated heterocycles. The van der Waals surface area contributed by atoms with Crippen LogP contribution < -0.4 is 4.74 Å². The first-order chi connectivity index (χ1) is 11.7. The number of ether oxygens (including phenoxy) is 1. The van der Waals surface area contributed by atoms with E-state index in [1.54, 1.807) is 18.2 Å². The molecule has 2 aromatic carbocycles. The third-order valence-electron chi connectivity index (χ3n) is 3.75. The summed E-state index contributed by atoms with van der Waals surface area (Å²) in [5.41, 5.74) is -3.33. The highest BCUT2D eigenvalue weighted by Gasteiger charge is 2.61. The maximum atomic E-state index is 13.0. The van der Waals surface area contributed by atoms with Crippen molar-refractivity contribution in [2.24, 2.45) is 5.10 Å². The summed E-state index contributed by atoms with van der Waals surface area (Å²) in [6, 6.07) is 10.6. The molecule has 1 N–H and O–H groups in total. The largest absolute Gasteiger partial charge is 0.484 e. The van der Waals surface area contributed by atoms with E-state index in [1.165, 1.54) is 0 Å². The fraction of sp³-hybridized carbons (Fsp3) is 0.250. The number of benzene rings is 2. The molecule has 1 aliphatic rings. The van der Waals surface area contributed by atoms with Gasteiger partial charge >= 0.3 is 6.18 Å². The van der Waals surface area contributed by atoms with Crippen LogP contribution in [0.4, 0.5) is 13.2 Å². The average molecular weight is 417 g/mol. The van der Waals surface area contributed by atoms with Crippen molar-refractivity contribution < 1.29 is 27.8 Å². The Balaban J connectivity index is 1.72. The zero-order valence-electron chi connectivity index (χ0n) is 12.6. The fourth-order valence-corrected chi connectivity index (χ4v) is 2.81. The molecule has 1 atom stereocenters. The summed E-state index contributed by atoms with van der Waals surface area (Å²) < 4.78 is 45.0. The van der Waals surface area contributed by atoms with E-state index in [4.69, 9.17) is 4.74 Å². The topological polar surface area (TPSA) is 62.1 Å². The molecule has 1 heterocycles. The molecule has 1 amide bonds. The first kappa shape index (κ1) is 17.7. The van der Waals surface area contributed by atoms with Crippen LogP contribution in [0.1, 0.15) is 6.42 Å². The van der Waals surface area contributed by atoms with Gasteiger partial charge < -0.3 is 9.84 Å². The monoisotopic (exact) mass is 416 g/mol. The molecular formula is C16H12BrF3N2O3. The molecule has 0 bridgehead atoms. The van der Waals surface area contributed by atoms with Crippen LogP contribution in [0.15, 0.2) is 46.0 Å². The molecule has 0 aromatic heterocycles. The quantitative estimate of drug-likeness (QED) is 0.833. The van der Waals surface area contributed by atoms with Gasteiger partial charge in [-0.2, -0.15) is 23.3 Å². The standard InChI is InChI=1S/C16H12BrF3N2O3/c17-12-3-1-11-8-13(4-2-10(11)7-12)25-9-14(23)22-15(24,5-6-21-22)16(18,19)20/h1-4,6-8,24H,5,9H2/t15-/m1/s1. The smallest absolute Gasteiger partial charge is 0.438 e. The van der Waals surface area contributed by atoms with E-state index in [-0.39, 0.29) is 5.01 Å². The van der Waals surface area contributed by atoms with Crippen molar-refractivity contribution in [2.45, 2.75) is 18.3 Å². The van der Waals surface area contributed by atoms with Gasteiger partial charge in [-0.3, -0.25) is 4.79 Å². The Morgan fingerprint density at radius 3 is 2.68 bits per heavy atom. The van der Waals surface area contributed by atoms with Gasteiger partial charge in [0.1, 0.15) is 5.75 Å². The van der Waals surface area contributed by atoms with Crippen LogP contribution in [0, 0.1) is 0 Å². The molecule has 3 rings (SSSR count). The van der Waals surface area contributed by atoms with E-state index >= 15 is 0 Å². The Hall–Kier alpha value is -2.13. The average Bonchev–Trinajstić information content (AvgIpc) is 2.95. The lowest BCUT2D eigenvalue weighted by molar-refractivity contribution is -0.302. The van der Waals surface area contributed by atoms with E-state index in [2.05, 4.69) is 21.0 Å². The van der Waals surface area contributed by atoms with Crippen LogP contribution >= 0.6 is 15.9 Å². The van der Waals surface area contributed by atoms with Gasteiger partial charge in [-0.05, 0) is 35.0 Å². The Labute approximate surface area is 148 Å². The van der Waals surface area contributed by atoms with Crippen molar-refractivity contribution in [3.8, 4) is 5.75 Å². The van der Waals surface area contributed by atoms with Crippen LogP contribution in [-0.2, 0) is 4.79 Å². The van der Waals surface area contributed by atoms with Crippen LogP contribution in [0.5, 0.6) is 5.75 Å². The second kappa shape index (κ2) is 6.30. The SMILES string of the molecule is O=C(COc1ccc2cc(Br)ccc2c1)N1N=CC[C@@]1(O)C(F)(F)F. The van der Waals surface area contributed by atoms with Crippen molar-refractivity contribution in [3.63, 3.8) is 0 Å². The number of carbonyl (C=O) groups is 1. The second-order valence-electron chi connectivity index (χ2n) is 5.46. The molecule has 0 radical (unpaired) electrons. The number of hydrazone groups is 1. The highest BCUT2D eigenvalue weighted by molar-refractivity contribution is 9.10. The summed E-state index contributed by atoms with van der Waals surface area (Å²) in [6.45, 7) is -0.683. The van der Waals surface area contributed by atoms with E-state index in [0.29, 0.717) is 5.75 Å². The molecule has 9 heteroatoms. The molecule has 0 unspecified atom stereocenters. The highest BCUT2D eigenvalue weighted by Crippen LogP contribution is 2.38. The molecular weight excluding hydrogens is 405 g/mol. The van der Waals surface area contributed by atoms with Crippen LogP contribution in [0.2, 0.25) is 0 Å². The van der Waals surface area contributed by atoms with Gasteiger partial charge in [0.15, 0.2) is 6.61 Å². The molecule has 25 heavy (non-hydrogen) atoms. The maximum absolute atomic E-state index is 13.0. The summed E-state index contributed by atoms with van der Waals surface area (Å²) in [5.74, 6) is -0.772. The zero-order chi connectivity index (χ0) is 18.2. The van der Waals surface area contributed by atoms with E-state index < -0.39 is 30.8 Å². The van der Waals surface area contributed by atoms with Crippen molar-refractivity contribution in [2.75, 3.05) is 6.61 Å². The number of fused-ring (bicyclic) bond motifs is 1. The molecule has 0 fully saturated rings. The first-order valence-electron chi connectivity index (χ1n) is 7.17. The van der Waals surface area contributed by atoms with E-state index in [0.717, 1.165) is 21.5 Å². The maximum Gasteiger partial charge on any atom is 0.438 e. The van der Waals surface area contributed by atoms with Gasteiger partial charge in [0, 0.05) is 17.1 Å². The number of amides is 1. The summed E-state index contributed by atoms with van der Waals surface area (Å²) in [5, 5.41) is 14.8. The summed E-state index contributed by atoms with van der Waals surface area (Å²) in [7, 11) is 0. The Bertz CT molecular complexity index is 856. The Morgan fingerprint density at radius 2 is 1.96 bits per heavy atom. The van der Waals surface area contributed by atoms with Crippen molar-refractivity contribution in [1.29, 1.82) is 0 Å². The Morgan fingerprint density at radius 1 is 1.28 bits per heavy atom. The minimum absolute atomic E-state index is 0.0190. The minimum Gasteiger partial charge on any atom is -0.484 e. The Kier molecular flexibility index (Phi) is 4.46. The minimum atomic E-state index is -5.02. The third kappa shape index (κ3) is 3.34.